The number of aromatic nitrogens is 5. The van der Waals surface area contributed by atoms with Gasteiger partial charge < -0.3 is 4.57 Å². The predicted molar refractivity (Wildman–Crippen MR) is 104 cm³/mol. The Morgan fingerprint density at radius 1 is 1.14 bits per heavy atom. The number of fused-ring (bicyclic) bond motifs is 1. The Labute approximate surface area is 161 Å². The normalized spacial score (nSPS) is 10.9. The molecule has 0 spiro atoms. The monoisotopic (exact) mass is 370 g/mol. The molecule has 0 radical (unpaired) electrons. The van der Waals surface area contributed by atoms with Crippen LogP contribution < -0.4 is 0 Å². The van der Waals surface area contributed by atoms with Crippen LogP contribution in [0.1, 0.15) is 22.3 Å². The number of aryl methyl sites for hydroxylation is 2. The molecule has 0 aliphatic carbocycles. The summed E-state index contributed by atoms with van der Waals surface area (Å²) in [4.78, 5) is 14.2. The van der Waals surface area contributed by atoms with Crippen molar-refractivity contribution in [3.8, 4) is 17.5 Å². The highest BCUT2D eigenvalue weighted by Gasteiger charge is 2.17. The van der Waals surface area contributed by atoms with Gasteiger partial charge in [0.25, 0.3) is 0 Å². The van der Waals surface area contributed by atoms with Gasteiger partial charge in [0.15, 0.2) is 5.78 Å². The first-order valence-electron chi connectivity index (χ1n) is 8.99. The minimum atomic E-state index is -0.0966. The summed E-state index contributed by atoms with van der Waals surface area (Å²) in [5.74, 6) is 0.406. The van der Waals surface area contributed by atoms with Gasteiger partial charge in [0.05, 0.1) is 12.5 Å². The fourth-order valence-electron chi connectivity index (χ4n) is 3.28. The standard InChI is InChI=1S/C21H18N6O/c1-15-7-2-3-8-16(15)21-23-25-27(24-21)14-20(28)18-13-26(12-6-11-22)19-10-5-4-9-17(18)19/h2-5,7-10,13H,6,12,14H2,1H3. The van der Waals surface area contributed by atoms with Crippen LogP contribution in [-0.4, -0.2) is 30.6 Å². The van der Waals surface area contributed by atoms with Crippen molar-refractivity contribution in [2.24, 2.45) is 0 Å². The molecular weight excluding hydrogens is 352 g/mol. The molecule has 0 aliphatic heterocycles. The van der Waals surface area contributed by atoms with Crippen LogP contribution in [-0.2, 0) is 13.1 Å². The van der Waals surface area contributed by atoms with E-state index in [1.165, 1.54) is 4.80 Å². The molecule has 0 N–H and O–H groups in total. The number of nitriles is 1. The van der Waals surface area contributed by atoms with E-state index < -0.39 is 0 Å². The van der Waals surface area contributed by atoms with E-state index >= 15 is 0 Å². The van der Waals surface area contributed by atoms with Crippen molar-refractivity contribution in [1.29, 1.82) is 5.26 Å². The zero-order valence-corrected chi connectivity index (χ0v) is 15.4. The van der Waals surface area contributed by atoms with Gasteiger partial charge in [-0.2, -0.15) is 10.1 Å². The second-order valence-corrected chi connectivity index (χ2v) is 6.54. The van der Waals surface area contributed by atoms with Crippen LogP contribution in [0.5, 0.6) is 0 Å². The van der Waals surface area contributed by atoms with Crippen LogP contribution >= 0.6 is 0 Å². The molecule has 0 unspecified atom stereocenters. The van der Waals surface area contributed by atoms with Crippen molar-refractivity contribution < 1.29 is 4.79 Å². The molecule has 0 aliphatic rings. The number of hydrogen-bond acceptors (Lipinski definition) is 5. The van der Waals surface area contributed by atoms with E-state index in [4.69, 9.17) is 5.26 Å². The van der Waals surface area contributed by atoms with Crippen LogP contribution in [0.15, 0.2) is 54.7 Å². The Bertz CT molecular complexity index is 1200. The molecular formula is C21H18N6O. The molecule has 0 saturated heterocycles. The maximum absolute atomic E-state index is 12.9. The SMILES string of the molecule is Cc1ccccc1-c1nnn(CC(=O)c2cn(CCC#N)c3ccccc23)n1. The summed E-state index contributed by atoms with van der Waals surface area (Å²) in [6.45, 7) is 2.53. The minimum absolute atomic E-state index is 0.00510. The number of tetrazole rings is 1. The molecule has 0 saturated carbocycles. The quantitative estimate of drug-likeness (QED) is 0.485. The molecule has 4 aromatic rings. The minimum Gasteiger partial charge on any atom is -0.346 e. The van der Waals surface area contributed by atoms with Crippen molar-refractivity contribution in [1.82, 2.24) is 24.8 Å². The lowest BCUT2D eigenvalue weighted by Crippen LogP contribution is -2.13. The zero-order chi connectivity index (χ0) is 19.5. The van der Waals surface area contributed by atoms with Gasteiger partial charge in [-0.15, -0.1) is 10.2 Å². The lowest BCUT2D eigenvalue weighted by Gasteiger charge is -2.00. The second-order valence-electron chi connectivity index (χ2n) is 6.54. The van der Waals surface area contributed by atoms with Gasteiger partial charge in [-0.3, -0.25) is 4.79 Å². The molecule has 2 aromatic carbocycles. The Balaban J connectivity index is 1.61. The number of carbonyl (C=O) groups is 1. The van der Waals surface area contributed by atoms with E-state index in [1.54, 1.807) is 0 Å². The fourth-order valence-corrected chi connectivity index (χ4v) is 3.28. The highest BCUT2D eigenvalue weighted by molar-refractivity contribution is 6.07. The molecule has 0 amide bonds. The van der Waals surface area contributed by atoms with Gasteiger partial charge in [0, 0.05) is 34.8 Å². The fraction of sp³-hybridized carbons (Fsp3) is 0.190. The number of carbonyl (C=O) groups excluding carboxylic acids is 1. The summed E-state index contributed by atoms with van der Waals surface area (Å²) in [5, 5.41) is 22.2. The first-order chi connectivity index (χ1) is 13.7. The molecule has 138 valence electrons. The first-order valence-corrected chi connectivity index (χ1v) is 8.99. The molecule has 28 heavy (non-hydrogen) atoms. The van der Waals surface area contributed by atoms with Gasteiger partial charge in [-0.05, 0) is 23.8 Å². The highest BCUT2D eigenvalue weighted by atomic mass is 16.1. The summed E-state index contributed by atoms with van der Waals surface area (Å²) in [6.07, 6.45) is 2.19. The van der Waals surface area contributed by atoms with Crippen molar-refractivity contribution in [2.45, 2.75) is 26.4 Å². The van der Waals surface area contributed by atoms with Gasteiger partial charge in [0.2, 0.25) is 5.82 Å². The largest absolute Gasteiger partial charge is 0.346 e. The summed E-state index contributed by atoms with van der Waals surface area (Å²) < 4.78 is 1.94. The maximum atomic E-state index is 12.9. The van der Waals surface area contributed by atoms with E-state index in [9.17, 15) is 4.79 Å². The Kier molecular flexibility index (Phi) is 4.68. The topological polar surface area (TPSA) is 89.4 Å². The van der Waals surface area contributed by atoms with E-state index in [-0.39, 0.29) is 12.3 Å². The molecule has 0 atom stereocenters. The third-order valence-electron chi connectivity index (χ3n) is 4.68. The van der Waals surface area contributed by atoms with Gasteiger partial charge >= 0.3 is 0 Å². The van der Waals surface area contributed by atoms with Crippen molar-refractivity contribution in [3.05, 3.63) is 65.9 Å². The molecule has 0 bridgehead atoms. The molecule has 7 heteroatoms. The highest BCUT2D eigenvalue weighted by Crippen LogP contribution is 2.23. The number of nitrogens with zero attached hydrogens (tertiary/aromatic N) is 6. The van der Waals surface area contributed by atoms with Crippen LogP contribution in [0.3, 0.4) is 0 Å². The van der Waals surface area contributed by atoms with E-state index in [1.807, 2.05) is 66.2 Å². The number of rotatable bonds is 6. The summed E-state index contributed by atoms with van der Waals surface area (Å²) >= 11 is 0. The van der Waals surface area contributed by atoms with Gasteiger partial charge in [-0.25, -0.2) is 0 Å². The molecule has 2 heterocycles. The van der Waals surface area contributed by atoms with Crippen molar-refractivity contribution in [3.63, 3.8) is 0 Å². The molecule has 4 rings (SSSR count). The number of benzene rings is 2. The lowest BCUT2D eigenvalue weighted by molar-refractivity contribution is 0.0963. The third kappa shape index (κ3) is 3.28. The van der Waals surface area contributed by atoms with E-state index in [0.29, 0.717) is 24.4 Å². The number of hydrogen-bond donors (Lipinski definition) is 0. The van der Waals surface area contributed by atoms with E-state index in [2.05, 4.69) is 21.5 Å². The molecule has 0 fully saturated rings. The number of para-hydroxylation sites is 1. The van der Waals surface area contributed by atoms with Crippen molar-refractivity contribution >= 4 is 16.7 Å². The Morgan fingerprint density at radius 2 is 1.93 bits per heavy atom. The molecule has 2 aromatic heterocycles. The van der Waals surface area contributed by atoms with Gasteiger partial charge in [-0.1, -0.05) is 42.5 Å². The number of ketones is 1. The summed E-state index contributed by atoms with van der Waals surface area (Å²) in [7, 11) is 0. The first kappa shape index (κ1) is 17.6. The summed E-state index contributed by atoms with van der Waals surface area (Å²) in [6, 6.07) is 17.6. The van der Waals surface area contributed by atoms with Crippen LogP contribution in [0.2, 0.25) is 0 Å². The maximum Gasteiger partial charge on any atom is 0.205 e. The van der Waals surface area contributed by atoms with Crippen molar-refractivity contribution in [2.75, 3.05) is 0 Å². The zero-order valence-electron chi connectivity index (χ0n) is 15.4. The van der Waals surface area contributed by atoms with Crippen LogP contribution in [0.25, 0.3) is 22.3 Å². The summed E-state index contributed by atoms with van der Waals surface area (Å²) in [5.41, 5.74) is 3.49. The van der Waals surface area contributed by atoms with Crippen LogP contribution in [0.4, 0.5) is 0 Å². The Hall–Kier alpha value is -3.79. The van der Waals surface area contributed by atoms with Crippen LogP contribution in [0, 0.1) is 18.3 Å². The number of Topliss-reactive ketones (excluding diaryl/α,β-unsaturated/α-hetero) is 1. The molecule has 7 nitrogen and oxygen atoms in total. The third-order valence-corrected chi connectivity index (χ3v) is 4.68. The lowest BCUT2D eigenvalue weighted by atomic mass is 10.1. The second kappa shape index (κ2) is 7.45. The predicted octanol–water partition coefficient (Wildman–Crippen LogP) is 3.40. The Morgan fingerprint density at radius 3 is 2.75 bits per heavy atom. The van der Waals surface area contributed by atoms with Gasteiger partial charge in [0.1, 0.15) is 6.54 Å². The van der Waals surface area contributed by atoms with E-state index in [0.717, 1.165) is 22.0 Å². The average Bonchev–Trinajstić information content (AvgIpc) is 3.31. The average molecular weight is 370 g/mol. The smallest absolute Gasteiger partial charge is 0.205 e.